The average Bonchev–Trinajstić information content (AvgIpc) is 2.55. The highest BCUT2D eigenvalue weighted by molar-refractivity contribution is 7.89. The lowest BCUT2D eigenvalue weighted by atomic mass is 10.0. The minimum atomic E-state index is -3.80. The van der Waals surface area contributed by atoms with Gasteiger partial charge in [0, 0.05) is 5.56 Å². The Morgan fingerprint density at radius 3 is 2.04 bits per heavy atom. The van der Waals surface area contributed by atoms with Gasteiger partial charge in [-0.2, -0.15) is 10.2 Å². The van der Waals surface area contributed by atoms with E-state index in [4.69, 9.17) is 5.14 Å². The van der Waals surface area contributed by atoms with Crippen molar-refractivity contribution in [3.05, 3.63) is 59.7 Å². The van der Waals surface area contributed by atoms with Gasteiger partial charge in [-0.05, 0) is 38.1 Å². The van der Waals surface area contributed by atoms with Crippen LogP contribution in [0.4, 0.5) is 5.69 Å². The second kappa shape index (κ2) is 7.45. The highest BCUT2D eigenvalue weighted by Crippen LogP contribution is 2.18. The molecule has 0 aliphatic heterocycles. The van der Waals surface area contributed by atoms with Crippen LogP contribution in [0, 0.1) is 6.92 Å². The van der Waals surface area contributed by atoms with Crippen LogP contribution in [0.1, 0.15) is 22.8 Å². The molecule has 0 radical (unpaired) electrons. The van der Waals surface area contributed by atoms with Crippen LogP contribution >= 0.6 is 0 Å². The van der Waals surface area contributed by atoms with Gasteiger partial charge in [-0.25, -0.2) is 13.6 Å². The van der Waals surface area contributed by atoms with Crippen LogP contribution in [0.15, 0.2) is 63.7 Å². The number of Topliss-reactive ketones (excluding diaryl/α,β-unsaturated/α-hetero) is 2. The van der Waals surface area contributed by atoms with E-state index in [0.29, 0.717) is 11.3 Å². The van der Waals surface area contributed by atoms with Gasteiger partial charge in [0.25, 0.3) is 0 Å². The average molecular weight is 359 g/mol. The van der Waals surface area contributed by atoms with Crippen LogP contribution < -0.4 is 5.14 Å². The van der Waals surface area contributed by atoms with Gasteiger partial charge in [-0.1, -0.05) is 29.8 Å². The van der Waals surface area contributed by atoms with Crippen molar-refractivity contribution in [3.8, 4) is 0 Å². The lowest BCUT2D eigenvalue weighted by Crippen LogP contribution is -2.26. The van der Waals surface area contributed by atoms with Crippen molar-refractivity contribution in [2.24, 2.45) is 15.4 Å². The fourth-order valence-electron chi connectivity index (χ4n) is 2.02. The van der Waals surface area contributed by atoms with Crippen LogP contribution in [-0.2, 0) is 14.8 Å². The van der Waals surface area contributed by atoms with Gasteiger partial charge in [0.05, 0.1) is 10.6 Å². The summed E-state index contributed by atoms with van der Waals surface area (Å²) in [6.07, 6.45) is 0. The number of primary sulfonamides is 1. The number of carbonyl (C=O) groups excluding carboxylic acids is 2. The maximum absolute atomic E-state index is 12.4. The first kappa shape index (κ1) is 18.6. The van der Waals surface area contributed by atoms with E-state index in [1.54, 1.807) is 24.3 Å². The number of hydrogen-bond acceptors (Lipinski definition) is 6. The van der Waals surface area contributed by atoms with Crippen LogP contribution in [0.2, 0.25) is 0 Å². The summed E-state index contributed by atoms with van der Waals surface area (Å²) in [6.45, 7) is 3.15. The Morgan fingerprint density at radius 2 is 1.56 bits per heavy atom. The van der Waals surface area contributed by atoms with Crippen molar-refractivity contribution in [2.45, 2.75) is 24.8 Å². The number of nitrogens with zero attached hydrogens (tertiary/aromatic N) is 2. The molecule has 0 aliphatic carbocycles. The summed E-state index contributed by atoms with van der Waals surface area (Å²) < 4.78 is 22.4. The molecule has 0 amide bonds. The third-order valence-electron chi connectivity index (χ3n) is 3.42. The van der Waals surface area contributed by atoms with Crippen molar-refractivity contribution in [2.75, 3.05) is 0 Å². The second-order valence-corrected chi connectivity index (χ2v) is 7.06. The molecule has 0 aliphatic rings. The SMILES string of the molecule is CC(=O)C(N=Nc1ccc(S(N)(=O)=O)cc1)C(=O)c1ccc(C)cc1. The number of benzene rings is 2. The molecule has 25 heavy (non-hydrogen) atoms. The Hall–Kier alpha value is -2.71. The maximum Gasteiger partial charge on any atom is 0.238 e. The Kier molecular flexibility index (Phi) is 5.55. The van der Waals surface area contributed by atoms with Crippen molar-refractivity contribution in [3.63, 3.8) is 0 Å². The first-order valence-corrected chi connectivity index (χ1v) is 8.88. The number of ketones is 2. The van der Waals surface area contributed by atoms with Crippen LogP contribution in [0.3, 0.4) is 0 Å². The first-order chi connectivity index (χ1) is 11.7. The molecule has 0 saturated heterocycles. The monoisotopic (exact) mass is 359 g/mol. The van der Waals surface area contributed by atoms with E-state index in [1.807, 2.05) is 6.92 Å². The third kappa shape index (κ3) is 4.88. The second-order valence-electron chi connectivity index (χ2n) is 5.50. The zero-order chi connectivity index (χ0) is 18.6. The molecular weight excluding hydrogens is 342 g/mol. The molecule has 8 heteroatoms. The molecule has 0 fully saturated rings. The standard InChI is InChI=1S/C17H17N3O4S/c1-11-3-5-13(6-4-11)17(22)16(12(2)21)20-19-14-7-9-15(10-8-14)25(18,23)24/h3-10,16H,1-2H3,(H2,18,23,24). The number of carbonyl (C=O) groups is 2. The normalized spacial score (nSPS) is 12.9. The van der Waals surface area contributed by atoms with Crippen LogP contribution in [-0.4, -0.2) is 26.0 Å². The number of hydrogen-bond donors (Lipinski definition) is 1. The predicted molar refractivity (Wildman–Crippen MR) is 92.3 cm³/mol. The van der Waals surface area contributed by atoms with Gasteiger partial charge in [-0.3, -0.25) is 9.59 Å². The number of rotatable bonds is 6. The van der Waals surface area contributed by atoms with E-state index in [1.165, 1.54) is 31.2 Å². The summed E-state index contributed by atoms with van der Waals surface area (Å²) in [5.74, 6) is -0.882. The van der Waals surface area contributed by atoms with E-state index >= 15 is 0 Å². The van der Waals surface area contributed by atoms with E-state index in [9.17, 15) is 18.0 Å². The lowest BCUT2D eigenvalue weighted by molar-refractivity contribution is -0.117. The van der Waals surface area contributed by atoms with Gasteiger partial charge in [-0.15, -0.1) is 0 Å². The van der Waals surface area contributed by atoms with Gasteiger partial charge in [0.2, 0.25) is 10.0 Å². The maximum atomic E-state index is 12.4. The zero-order valence-electron chi connectivity index (χ0n) is 13.7. The Balaban J connectivity index is 2.24. The molecule has 7 nitrogen and oxygen atoms in total. The summed E-state index contributed by atoms with van der Waals surface area (Å²) in [5, 5.41) is 12.7. The molecule has 0 spiro atoms. The molecule has 2 aromatic rings. The summed E-state index contributed by atoms with van der Waals surface area (Å²) in [6, 6.07) is 10.9. The van der Waals surface area contributed by atoms with Crippen molar-refractivity contribution in [1.82, 2.24) is 0 Å². The molecule has 1 unspecified atom stereocenters. The number of sulfonamides is 1. The molecule has 0 heterocycles. The molecule has 130 valence electrons. The fourth-order valence-corrected chi connectivity index (χ4v) is 2.54. The smallest absolute Gasteiger partial charge is 0.238 e. The summed E-state index contributed by atoms with van der Waals surface area (Å²) in [5.41, 5.74) is 1.66. The summed E-state index contributed by atoms with van der Waals surface area (Å²) in [7, 11) is -3.80. The number of nitrogens with two attached hydrogens (primary N) is 1. The molecular formula is C17H17N3O4S. The third-order valence-corrected chi connectivity index (χ3v) is 4.35. The van der Waals surface area contributed by atoms with Gasteiger partial charge in [0.1, 0.15) is 0 Å². The van der Waals surface area contributed by atoms with E-state index < -0.39 is 27.6 Å². The molecule has 0 saturated carbocycles. The van der Waals surface area contributed by atoms with Gasteiger partial charge >= 0.3 is 0 Å². The Morgan fingerprint density at radius 1 is 1.00 bits per heavy atom. The topological polar surface area (TPSA) is 119 Å². The predicted octanol–water partition coefficient (Wildman–Crippen LogP) is 2.57. The fraction of sp³-hybridized carbons (Fsp3) is 0.176. The largest absolute Gasteiger partial charge is 0.297 e. The van der Waals surface area contributed by atoms with Crippen molar-refractivity contribution < 1.29 is 18.0 Å². The number of azo groups is 1. The first-order valence-electron chi connectivity index (χ1n) is 7.33. The molecule has 0 bridgehead atoms. The molecule has 0 aromatic heterocycles. The zero-order valence-corrected chi connectivity index (χ0v) is 14.5. The van der Waals surface area contributed by atoms with Gasteiger partial charge < -0.3 is 0 Å². The van der Waals surface area contributed by atoms with Crippen LogP contribution in [0.5, 0.6) is 0 Å². The minimum absolute atomic E-state index is 0.0645. The number of aryl methyl sites for hydroxylation is 1. The summed E-state index contributed by atoms with van der Waals surface area (Å²) >= 11 is 0. The molecule has 1 atom stereocenters. The summed E-state index contributed by atoms with van der Waals surface area (Å²) in [4.78, 5) is 24.1. The lowest BCUT2D eigenvalue weighted by Gasteiger charge is -2.07. The molecule has 2 aromatic carbocycles. The van der Waals surface area contributed by atoms with E-state index in [-0.39, 0.29) is 4.90 Å². The minimum Gasteiger partial charge on any atom is -0.297 e. The Bertz CT molecular complexity index is 917. The molecule has 2 rings (SSSR count). The highest BCUT2D eigenvalue weighted by atomic mass is 32.2. The van der Waals surface area contributed by atoms with Crippen molar-refractivity contribution >= 4 is 27.3 Å². The van der Waals surface area contributed by atoms with Crippen molar-refractivity contribution in [1.29, 1.82) is 0 Å². The Labute approximate surface area is 145 Å². The highest BCUT2D eigenvalue weighted by Gasteiger charge is 2.24. The molecule has 2 N–H and O–H groups in total. The van der Waals surface area contributed by atoms with E-state index in [0.717, 1.165) is 5.56 Å². The van der Waals surface area contributed by atoms with E-state index in [2.05, 4.69) is 10.2 Å². The quantitative estimate of drug-likeness (QED) is 0.484. The van der Waals surface area contributed by atoms with Crippen LogP contribution in [0.25, 0.3) is 0 Å². The van der Waals surface area contributed by atoms with Gasteiger partial charge in [0.15, 0.2) is 17.6 Å².